The smallest absolute Gasteiger partial charge is 0.234 e. The van der Waals surface area contributed by atoms with Crippen LogP contribution < -0.4 is 5.32 Å². The first-order valence-electron chi connectivity index (χ1n) is 10.6. The topological polar surface area (TPSA) is 72.7 Å². The van der Waals surface area contributed by atoms with Crippen LogP contribution in [0.2, 0.25) is 0 Å². The molecule has 2 unspecified atom stereocenters. The van der Waals surface area contributed by atoms with E-state index in [1.54, 1.807) is 18.0 Å². The lowest BCUT2D eigenvalue weighted by molar-refractivity contribution is -0.113. The molecule has 1 saturated carbocycles. The van der Waals surface area contributed by atoms with E-state index in [-0.39, 0.29) is 11.7 Å². The zero-order chi connectivity index (χ0) is 21.6. The minimum Gasteiger partial charge on any atom is -0.325 e. The van der Waals surface area contributed by atoms with Crippen LogP contribution in [0.4, 0.5) is 5.69 Å². The minimum atomic E-state index is -0.0441. The molecule has 1 N–H and O–H groups in total. The van der Waals surface area contributed by atoms with Crippen LogP contribution in [0, 0.1) is 5.92 Å². The fraction of sp³-hybridized carbons (Fsp3) is 0.391. The average molecular weight is 454 g/mol. The molecule has 4 rings (SSSR count). The van der Waals surface area contributed by atoms with E-state index in [0.29, 0.717) is 12.0 Å². The van der Waals surface area contributed by atoms with Crippen molar-refractivity contribution in [3.8, 4) is 11.4 Å². The molecule has 2 aromatic heterocycles. The van der Waals surface area contributed by atoms with Crippen molar-refractivity contribution in [3.05, 3.63) is 48.8 Å². The summed E-state index contributed by atoms with van der Waals surface area (Å²) in [4.78, 5) is 18.0. The predicted molar refractivity (Wildman–Crippen MR) is 127 cm³/mol. The van der Waals surface area contributed by atoms with Gasteiger partial charge in [0.05, 0.1) is 5.75 Å². The molecule has 8 heteroatoms. The Bertz CT molecular complexity index is 1020. The number of hydrogen-bond acceptors (Lipinski definition) is 6. The van der Waals surface area contributed by atoms with Crippen molar-refractivity contribution < 1.29 is 4.79 Å². The molecular weight excluding hydrogens is 426 g/mol. The van der Waals surface area contributed by atoms with Crippen molar-refractivity contribution in [2.45, 2.75) is 48.7 Å². The molecule has 0 bridgehead atoms. The SMILES string of the molecule is CSc1cccc(NC(=O)CSc2nnc(-c3cccnc3)n2C2CCCCC2C)c1. The first-order valence-corrected chi connectivity index (χ1v) is 12.8. The number of aromatic nitrogens is 4. The van der Waals surface area contributed by atoms with Crippen LogP contribution >= 0.6 is 23.5 Å². The highest BCUT2D eigenvalue weighted by Crippen LogP contribution is 2.38. The summed E-state index contributed by atoms with van der Waals surface area (Å²) in [5.74, 6) is 1.62. The Morgan fingerprint density at radius 1 is 1.19 bits per heavy atom. The van der Waals surface area contributed by atoms with Gasteiger partial charge in [-0.3, -0.25) is 14.3 Å². The highest BCUT2D eigenvalue weighted by atomic mass is 32.2. The summed E-state index contributed by atoms with van der Waals surface area (Å²) in [5, 5.41) is 12.8. The van der Waals surface area contributed by atoms with Gasteiger partial charge in [0, 0.05) is 34.6 Å². The van der Waals surface area contributed by atoms with E-state index < -0.39 is 0 Å². The molecule has 0 spiro atoms. The van der Waals surface area contributed by atoms with Gasteiger partial charge in [0.1, 0.15) is 0 Å². The number of hydrogen-bond donors (Lipinski definition) is 1. The molecule has 2 heterocycles. The second kappa shape index (κ2) is 10.3. The standard InChI is InChI=1S/C23H27N5OS2/c1-16-7-3-4-11-20(16)28-22(17-8-6-12-24-14-17)26-27-23(28)31-15-21(29)25-18-9-5-10-19(13-18)30-2/h5-6,8-10,12-14,16,20H,3-4,7,11,15H2,1-2H3,(H,25,29). The maximum absolute atomic E-state index is 12.6. The Morgan fingerprint density at radius 2 is 2.06 bits per heavy atom. The predicted octanol–water partition coefficient (Wildman–Crippen LogP) is 5.54. The van der Waals surface area contributed by atoms with E-state index in [1.807, 2.05) is 48.9 Å². The van der Waals surface area contributed by atoms with E-state index in [9.17, 15) is 4.79 Å². The lowest BCUT2D eigenvalue weighted by Crippen LogP contribution is -2.23. The molecule has 0 saturated heterocycles. The van der Waals surface area contributed by atoms with Crippen LogP contribution in [-0.2, 0) is 4.79 Å². The summed E-state index contributed by atoms with van der Waals surface area (Å²) in [7, 11) is 0. The number of rotatable bonds is 7. The minimum absolute atomic E-state index is 0.0441. The fourth-order valence-electron chi connectivity index (χ4n) is 4.07. The third-order valence-corrected chi connectivity index (χ3v) is 7.34. The van der Waals surface area contributed by atoms with Crippen LogP contribution in [0.15, 0.2) is 58.8 Å². The van der Waals surface area contributed by atoms with E-state index >= 15 is 0 Å². The number of amides is 1. The Morgan fingerprint density at radius 3 is 2.84 bits per heavy atom. The van der Waals surface area contributed by atoms with Gasteiger partial charge >= 0.3 is 0 Å². The van der Waals surface area contributed by atoms with Crippen LogP contribution in [0.25, 0.3) is 11.4 Å². The fourth-order valence-corrected chi connectivity index (χ4v) is 5.33. The number of carbonyl (C=O) groups is 1. The van der Waals surface area contributed by atoms with Gasteiger partial charge < -0.3 is 5.32 Å². The normalized spacial score (nSPS) is 18.6. The van der Waals surface area contributed by atoms with Gasteiger partial charge in [-0.2, -0.15) is 0 Å². The van der Waals surface area contributed by atoms with Gasteiger partial charge in [0.15, 0.2) is 11.0 Å². The zero-order valence-electron chi connectivity index (χ0n) is 17.8. The Balaban J connectivity index is 1.53. The molecular formula is C23H27N5OS2. The molecule has 1 amide bonds. The Labute approximate surface area is 191 Å². The van der Waals surface area contributed by atoms with Crippen molar-refractivity contribution in [1.29, 1.82) is 0 Å². The van der Waals surface area contributed by atoms with Gasteiger partial charge in [-0.25, -0.2) is 0 Å². The van der Waals surface area contributed by atoms with Crippen LogP contribution in [0.5, 0.6) is 0 Å². The van der Waals surface area contributed by atoms with Gasteiger partial charge in [0.25, 0.3) is 0 Å². The van der Waals surface area contributed by atoms with Crippen molar-refractivity contribution in [2.24, 2.45) is 5.92 Å². The zero-order valence-corrected chi connectivity index (χ0v) is 19.5. The molecule has 2 atom stereocenters. The van der Waals surface area contributed by atoms with Gasteiger partial charge in [-0.15, -0.1) is 22.0 Å². The molecule has 0 aliphatic heterocycles. The van der Waals surface area contributed by atoms with Crippen molar-refractivity contribution in [2.75, 3.05) is 17.3 Å². The monoisotopic (exact) mass is 453 g/mol. The molecule has 31 heavy (non-hydrogen) atoms. The first-order chi connectivity index (χ1) is 15.2. The number of carbonyl (C=O) groups excluding carboxylic acids is 1. The van der Waals surface area contributed by atoms with Gasteiger partial charge in [0.2, 0.25) is 5.91 Å². The van der Waals surface area contributed by atoms with Crippen molar-refractivity contribution in [1.82, 2.24) is 19.7 Å². The summed E-state index contributed by atoms with van der Waals surface area (Å²) in [6.45, 7) is 2.30. The molecule has 6 nitrogen and oxygen atoms in total. The molecule has 1 aliphatic carbocycles. The highest BCUT2D eigenvalue weighted by Gasteiger charge is 2.29. The second-order valence-corrected chi connectivity index (χ2v) is 9.64. The summed E-state index contributed by atoms with van der Waals surface area (Å²) in [6, 6.07) is 12.2. The highest BCUT2D eigenvalue weighted by molar-refractivity contribution is 7.99. The molecule has 3 aromatic rings. The third-order valence-electron chi connectivity index (χ3n) is 5.67. The van der Waals surface area contributed by atoms with Crippen molar-refractivity contribution >= 4 is 35.1 Å². The number of thioether (sulfide) groups is 2. The molecule has 1 aliphatic rings. The maximum atomic E-state index is 12.6. The quantitative estimate of drug-likeness (QED) is 0.473. The lowest BCUT2D eigenvalue weighted by Gasteiger charge is -2.31. The number of pyridine rings is 1. The number of benzene rings is 1. The molecule has 1 fully saturated rings. The van der Waals surface area contributed by atoms with Crippen LogP contribution in [-0.4, -0.2) is 37.7 Å². The second-order valence-electron chi connectivity index (χ2n) is 7.82. The Kier molecular flexibility index (Phi) is 7.29. The van der Waals surface area contributed by atoms with E-state index in [4.69, 9.17) is 0 Å². The molecule has 162 valence electrons. The van der Waals surface area contributed by atoms with Crippen LogP contribution in [0.3, 0.4) is 0 Å². The Hall–Kier alpha value is -2.32. The largest absolute Gasteiger partial charge is 0.325 e. The number of anilines is 1. The summed E-state index contributed by atoms with van der Waals surface area (Å²) < 4.78 is 2.24. The third kappa shape index (κ3) is 5.30. The van der Waals surface area contributed by atoms with E-state index in [2.05, 4.69) is 32.0 Å². The maximum Gasteiger partial charge on any atom is 0.234 e. The van der Waals surface area contributed by atoms with Crippen LogP contribution in [0.1, 0.15) is 38.6 Å². The summed E-state index contributed by atoms with van der Waals surface area (Å²) in [5.41, 5.74) is 1.77. The summed E-state index contributed by atoms with van der Waals surface area (Å²) >= 11 is 3.10. The summed E-state index contributed by atoms with van der Waals surface area (Å²) in [6.07, 6.45) is 10.4. The van der Waals surface area contributed by atoms with E-state index in [1.165, 1.54) is 31.0 Å². The number of nitrogens with zero attached hydrogens (tertiary/aromatic N) is 4. The molecule has 1 aromatic carbocycles. The van der Waals surface area contributed by atoms with Gasteiger partial charge in [-0.05, 0) is 55.3 Å². The lowest BCUT2D eigenvalue weighted by atomic mass is 9.85. The first kappa shape index (κ1) is 21.9. The van der Waals surface area contributed by atoms with Gasteiger partial charge in [-0.1, -0.05) is 37.6 Å². The molecule has 0 radical (unpaired) electrons. The van der Waals surface area contributed by atoms with Crippen molar-refractivity contribution in [3.63, 3.8) is 0 Å². The average Bonchev–Trinajstić information content (AvgIpc) is 3.22. The number of nitrogens with one attached hydrogen (secondary N) is 1. The van der Waals surface area contributed by atoms with E-state index in [0.717, 1.165) is 33.5 Å².